The average Bonchev–Trinajstić information content (AvgIpc) is 3.23. The Bertz CT molecular complexity index is 1490. The van der Waals surface area contributed by atoms with Crippen LogP contribution in [0.5, 0.6) is 11.5 Å². The molecule has 0 saturated heterocycles. The first-order chi connectivity index (χ1) is 15.9. The maximum atomic E-state index is 14.7. The molecule has 164 valence electrons. The zero-order chi connectivity index (χ0) is 22.9. The van der Waals surface area contributed by atoms with E-state index < -0.39 is 17.5 Å². The van der Waals surface area contributed by atoms with Crippen LogP contribution in [-0.2, 0) is 0 Å². The largest absolute Gasteiger partial charge is 0.454 e. The highest BCUT2D eigenvalue weighted by Gasteiger charge is 2.12. The third-order valence-corrected chi connectivity index (χ3v) is 4.79. The molecule has 2 aromatic heterocycles. The smallest absolute Gasteiger partial charge is 0.222 e. The fourth-order valence-corrected chi connectivity index (χ4v) is 3.29. The molecular weight excluding hydrogens is 433 g/mol. The number of rotatable bonds is 5. The molecule has 0 aliphatic rings. The van der Waals surface area contributed by atoms with Gasteiger partial charge in [0.15, 0.2) is 11.6 Å². The van der Waals surface area contributed by atoms with Crippen molar-refractivity contribution in [3.8, 4) is 22.8 Å². The third kappa shape index (κ3) is 4.26. The number of ether oxygens (including phenoxy) is 1. The van der Waals surface area contributed by atoms with Gasteiger partial charge in [0.2, 0.25) is 5.95 Å². The van der Waals surface area contributed by atoms with Gasteiger partial charge in [0.25, 0.3) is 0 Å². The van der Waals surface area contributed by atoms with E-state index in [-0.39, 0.29) is 28.8 Å². The van der Waals surface area contributed by atoms with Crippen LogP contribution in [0.4, 0.5) is 30.6 Å². The Morgan fingerprint density at radius 3 is 2.58 bits per heavy atom. The Morgan fingerprint density at radius 1 is 0.879 bits per heavy atom. The number of nitrogens with two attached hydrogens (primary N) is 1. The van der Waals surface area contributed by atoms with Gasteiger partial charge in [0, 0.05) is 34.8 Å². The van der Waals surface area contributed by atoms with E-state index in [0.29, 0.717) is 11.4 Å². The fraction of sp³-hybridized carbons (Fsp3) is 0. The van der Waals surface area contributed by atoms with E-state index in [1.54, 1.807) is 30.5 Å². The van der Waals surface area contributed by atoms with Gasteiger partial charge in [-0.2, -0.15) is 10.1 Å². The minimum atomic E-state index is -0.791. The number of aromatic nitrogens is 4. The molecular formula is C23H15F3N6O. The Hall–Kier alpha value is -4.60. The molecule has 0 saturated carbocycles. The van der Waals surface area contributed by atoms with E-state index >= 15 is 0 Å². The summed E-state index contributed by atoms with van der Waals surface area (Å²) in [7, 11) is 0. The van der Waals surface area contributed by atoms with Gasteiger partial charge < -0.3 is 15.8 Å². The molecule has 33 heavy (non-hydrogen) atoms. The summed E-state index contributed by atoms with van der Waals surface area (Å²) in [6.45, 7) is 0. The van der Waals surface area contributed by atoms with Crippen molar-refractivity contribution in [2.45, 2.75) is 0 Å². The van der Waals surface area contributed by atoms with Gasteiger partial charge in [-0.25, -0.2) is 18.2 Å². The SMILES string of the molecule is Nc1nc(Nc2ccc(Oc3ccc4[nH]ncc4c3)c(F)c2)cc(-c2ccc(F)cc2F)n1. The lowest BCUT2D eigenvalue weighted by Gasteiger charge is -2.11. The van der Waals surface area contributed by atoms with E-state index in [2.05, 4.69) is 25.5 Å². The van der Waals surface area contributed by atoms with E-state index in [4.69, 9.17) is 10.5 Å². The van der Waals surface area contributed by atoms with Crippen molar-refractivity contribution in [1.29, 1.82) is 0 Å². The van der Waals surface area contributed by atoms with Crippen molar-refractivity contribution in [2.24, 2.45) is 0 Å². The lowest BCUT2D eigenvalue weighted by atomic mass is 10.1. The van der Waals surface area contributed by atoms with Crippen molar-refractivity contribution in [1.82, 2.24) is 20.2 Å². The van der Waals surface area contributed by atoms with Gasteiger partial charge in [-0.15, -0.1) is 0 Å². The zero-order valence-electron chi connectivity index (χ0n) is 16.8. The summed E-state index contributed by atoms with van der Waals surface area (Å²) in [5.41, 5.74) is 7.14. The number of H-pyrrole nitrogens is 1. The van der Waals surface area contributed by atoms with Crippen molar-refractivity contribution in [3.05, 3.63) is 84.3 Å². The van der Waals surface area contributed by atoms with Gasteiger partial charge in [0.1, 0.15) is 23.2 Å². The quantitative estimate of drug-likeness (QED) is 0.326. The van der Waals surface area contributed by atoms with Crippen LogP contribution < -0.4 is 15.8 Å². The first-order valence-electron chi connectivity index (χ1n) is 9.72. The monoisotopic (exact) mass is 448 g/mol. The second kappa shape index (κ2) is 8.15. The molecule has 10 heteroatoms. The van der Waals surface area contributed by atoms with Crippen molar-refractivity contribution < 1.29 is 17.9 Å². The van der Waals surface area contributed by atoms with E-state index in [1.165, 1.54) is 24.3 Å². The van der Waals surface area contributed by atoms with Crippen LogP contribution in [0, 0.1) is 17.5 Å². The van der Waals surface area contributed by atoms with Crippen LogP contribution in [0.25, 0.3) is 22.2 Å². The number of hydrogen-bond donors (Lipinski definition) is 3. The van der Waals surface area contributed by atoms with Gasteiger partial charge >= 0.3 is 0 Å². The molecule has 0 aliphatic heterocycles. The maximum Gasteiger partial charge on any atom is 0.222 e. The van der Waals surface area contributed by atoms with Crippen LogP contribution in [0.2, 0.25) is 0 Å². The summed E-state index contributed by atoms with van der Waals surface area (Å²) in [5, 5.41) is 10.5. The molecule has 0 aliphatic carbocycles. The maximum absolute atomic E-state index is 14.7. The molecule has 3 aromatic carbocycles. The highest BCUT2D eigenvalue weighted by Crippen LogP contribution is 2.30. The molecule has 7 nitrogen and oxygen atoms in total. The molecule has 0 atom stereocenters. The predicted molar refractivity (Wildman–Crippen MR) is 118 cm³/mol. The minimum absolute atomic E-state index is 0.0275. The second-order valence-electron chi connectivity index (χ2n) is 7.11. The van der Waals surface area contributed by atoms with Crippen LogP contribution in [0.15, 0.2) is 66.9 Å². The number of halogens is 3. The molecule has 2 heterocycles. The molecule has 0 radical (unpaired) electrons. The van der Waals surface area contributed by atoms with Gasteiger partial charge in [-0.3, -0.25) is 5.10 Å². The van der Waals surface area contributed by atoms with Crippen LogP contribution in [0.3, 0.4) is 0 Å². The summed E-state index contributed by atoms with van der Waals surface area (Å²) in [6, 6.07) is 14.0. The van der Waals surface area contributed by atoms with E-state index in [0.717, 1.165) is 23.0 Å². The number of anilines is 3. The molecule has 5 rings (SSSR count). The van der Waals surface area contributed by atoms with Crippen LogP contribution in [-0.4, -0.2) is 20.2 Å². The average molecular weight is 448 g/mol. The topological polar surface area (TPSA) is 102 Å². The number of nitrogens with one attached hydrogen (secondary N) is 2. The van der Waals surface area contributed by atoms with Crippen molar-refractivity contribution >= 4 is 28.4 Å². The molecule has 0 fully saturated rings. The zero-order valence-corrected chi connectivity index (χ0v) is 16.8. The summed E-state index contributed by atoms with van der Waals surface area (Å²) in [5.74, 6) is -1.55. The van der Waals surface area contributed by atoms with Gasteiger partial charge in [-0.1, -0.05) is 0 Å². The first-order valence-corrected chi connectivity index (χ1v) is 9.72. The number of nitrogen functional groups attached to an aromatic ring is 1. The molecule has 5 aromatic rings. The number of fused-ring (bicyclic) bond motifs is 1. The lowest BCUT2D eigenvalue weighted by molar-refractivity contribution is 0.443. The predicted octanol–water partition coefficient (Wildman–Crippen LogP) is 5.56. The molecule has 0 spiro atoms. The Kier molecular flexibility index (Phi) is 5.02. The first kappa shape index (κ1) is 20.3. The van der Waals surface area contributed by atoms with Gasteiger partial charge in [0.05, 0.1) is 17.4 Å². The van der Waals surface area contributed by atoms with E-state index in [9.17, 15) is 13.2 Å². The summed E-state index contributed by atoms with van der Waals surface area (Å²) in [4.78, 5) is 8.04. The van der Waals surface area contributed by atoms with Crippen molar-refractivity contribution in [3.63, 3.8) is 0 Å². The number of aromatic amines is 1. The minimum Gasteiger partial charge on any atom is -0.454 e. The number of nitrogens with zero attached hydrogens (tertiary/aromatic N) is 3. The molecule has 4 N–H and O–H groups in total. The van der Waals surface area contributed by atoms with Crippen LogP contribution >= 0.6 is 0 Å². The standard InChI is InChI=1S/C23H15F3N6O/c24-13-1-4-16(17(25)8-13)20-10-22(31-23(27)30-20)29-14-2-6-21(18(26)9-14)33-15-3-5-19-12(7-15)11-28-32-19/h1-11H,(H,28,32)(H3,27,29,30,31). The highest BCUT2D eigenvalue weighted by molar-refractivity contribution is 5.79. The Labute approximate surface area is 185 Å². The lowest BCUT2D eigenvalue weighted by Crippen LogP contribution is -2.02. The van der Waals surface area contributed by atoms with Crippen LogP contribution in [0.1, 0.15) is 0 Å². The number of benzene rings is 3. The van der Waals surface area contributed by atoms with Gasteiger partial charge in [-0.05, 0) is 42.5 Å². The fourth-order valence-electron chi connectivity index (χ4n) is 3.29. The second-order valence-corrected chi connectivity index (χ2v) is 7.11. The summed E-state index contributed by atoms with van der Waals surface area (Å²) < 4.78 is 47.7. The van der Waals surface area contributed by atoms with Crippen molar-refractivity contribution in [2.75, 3.05) is 11.1 Å². The third-order valence-electron chi connectivity index (χ3n) is 4.79. The molecule has 0 amide bonds. The molecule has 0 bridgehead atoms. The summed E-state index contributed by atoms with van der Waals surface area (Å²) in [6.07, 6.45) is 1.64. The normalized spacial score (nSPS) is 11.0. The molecule has 0 unspecified atom stereocenters. The van der Waals surface area contributed by atoms with E-state index in [1.807, 2.05) is 0 Å². The Morgan fingerprint density at radius 2 is 1.76 bits per heavy atom. The number of hydrogen-bond acceptors (Lipinski definition) is 6. The summed E-state index contributed by atoms with van der Waals surface area (Å²) >= 11 is 0. The Balaban J connectivity index is 1.38. The highest BCUT2D eigenvalue weighted by atomic mass is 19.1.